The Morgan fingerprint density at radius 3 is 1.47 bits per heavy atom. The molecule has 0 radical (unpaired) electrons. The van der Waals surface area contributed by atoms with Crippen molar-refractivity contribution >= 4 is 19.8 Å². The van der Waals surface area contributed by atoms with Crippen LogP contribution in [0.15, 0.2) is 36.5 Å². The second kappa shape index (κ2) is 40.6. The third kappa shape index (κ3) is 43.8. The van der Waals surface area contributed by atoms with E-state index in [1.54, 1.807) is 0 Å². The number of esters is 2. The Hall–Kier alpha value is -1.77. The van der Waals surface area contributed by atoms with Crippen molar-refractivity contribution in [2.24, 2.45) is 0 Å². The molecule has 2 atom stereocenters. The number of hydrogen-bond acceptors (Lipinski definition) is 7. The molecule has 0 aliphatic heterocycles. The number of carbonyl (C=O) groups is 2. The molecule has 1 N–H and O–H groups in total. The highest BCUT2D eigenvalue weighted by atomic mass is 31.2. The van der Waals surface area contributed by atoms with E-state index in [-0.39, 0.29) is 32.0 Å². The lowest BCUT2D eigenvalue weighted by Crippen LogP contribution is -2.37. The van der Waals surface area contributed by atoms with Crippen LogP contribution in [0.5, 0.6) is 0 Å². The molecular formula is C48H91NO8P+. The Morgan fingerprint density at radius 1 is 0.552 bits per heavy atom. The van der Waals surface area contributed by atoms with E-state index in [2.05, 4.69) is 50.3 Å². The average molecular weight is 841 g/mol. The first-order valence-electron chi connectivity index (χ1n) is 23.7. The van der Waals surface area contributed by atoms with Crippen LogP contribution in [0.4, 0.5) is 0 Å². The average Bonchev–Trinajstić information content (AvgIpc) is 3.17. The summed E-state index contributed by atoms with van der Waals surface area (Å²) in [5, 5.41) is 0. The van der Waals surface area contributed by atoms with Gasteiger partial charge in [0.15, 0.2) is 6.10 Å². The lowest BCUT2D eigenvalue weighted by Gasteiger charge is -2.24. The minimum atomic E-state index is -4.38. The van der Waals surface area contributed by atoms with Gasteiger partial charge in [-0.3, -0.25) is 18.6 Å². The van der Waals surface area contributed by atoms with Gasteiger partial charge in [0.2, 0.25) is 0 Å². The van der Waals surface area contributed by atoms with Crippen LogP contribution in [-0.4, -0.2) is 74.9 Å². The van der Waals surface area contributed by atoms with Crippen LogP contribution >= 0.6 is 7.82 Å². The molecule has 0 heterocycles. The van der Waals surface area contributed by atoms with E-state index in [0.717, 1.165) is 70.6 Å². The van der Waals surface area contributed by atoms with E-state index in [1.165, 1.54) is 103 Å². The monoisotopic (exact) mass is 841 g/mol. The lowest BCUT2D eigenvalue weighted by atomic mass is 10.0. The van der Waals surface area contributed by atoms with E-state index in [9.17, 15) is 19.0 Å². The maximum absolute atomic E-state index is 12.7. The number of hydrogen-bond donors (Lipinski definition) is 1. The van der Waals surface area contributed by atoms with Gasteiger partial charge in [0.25, 0.3) is 0 Å². The number of rotatable bonds is 43. The Labute approximate surface area is 357 Å². The minimum absolute atomic E-state index is 0.0288. The van der Waals surface area contributed by atoms with Crippen molar-refractivity contribution in [2.45, 2.75) is 213 Å². The fourth-order valence-electron chi connectivity index (χ4n) is 6.50. The van der Waals surface area contributed by atoms with E-state index in [1.807, 2.05) is 21.1 Å². The maximum Gasteiger partial charge on any atom is 0.472 e. The maximum atomic E-state index is 12.7. The van der Waals surface area contributed by atoms with Crippen molar-refractivity contribution < 1.29 is 42.1 Å². The molecule has 0 amide bonds. The molecule has 340 valence electrons. The summed E-state index contributed by atoms with van der Waals surface area (Å²) < 4.78 is 34.4. The van der Waals surface area contributed by atoms with Crippen LogP contribution in [0, 0.1) is 0 Å². The van der Waals surface area contributed by atoms with Crippen LogP contribution in [0.3, 0.4) is 0 Å². The van der Waals surface area contributed by atoms with Crippen LogP contribution < -0.4 is 0 Å². The van der Waals surface area contributed by atoms with Crippen molar-refractivity contribution in [1.29, 1.82) is 0 Å². The quantitative estimate of drug-likeness (QED) is 0.0213. The molecule has 0 fully saturated rings. The molecule has 0 spiro atoms. The zero-order valence-electron chi connectivity index (χ0n) is 38.3. The summed E-state index contributed by atoms with van der Waals surface area (Å²) in [5.41, 5.74) is 0. The highest BCUT2D eigenvalue weighted by Crippen LogP contribution is 2.43. The van der Waals surface area contributed by atoms with Gasteiger partial charge >= 0.3 is 19.8 Å². The molecule has 0 aromatic rings. The number of likely N-dealkylation sites (N-methyl/N-ethyl adjacent to an activating group) is 1. The number of quaternary nitrogens is 1. The molecule has 0 aromatic heterocycles. The van der Waals surface area contributed by atoms with Crippen LogP contribution in [0.2, 0.25) is 0 Å². The van der Waals surface area contributed by atoms with Gasteiger partial charge < -0.3 is 18.9 Å². The van der Waals surface area contributed by atoms with Gasteiger partial charge in [-0.05, 0) is 44.9 Å². The highest BCUT2D eigenvalue weighted by molar-refractivity contribution is 7.47. The summed E-state index contributed by atoms with van der Waals surface area (Å²) in [4.78, 5) is 35.4. The molecule has 0 rings (SSSR count). The summed E-state index contributed by atoms with van der Waals surface area (Å²) in [7, 11) is 1.47. The smallest absolute Gasteiger partial charge is 0.462 e. The predicted molar refractivity (Wildman–Crippen MR) is 243 cm³/mol. The first-order valence-corrected chi connectivity index (χ1v) is 25.2. The lowest BCUT2D eigenvalue weighted by molar-refractivity contribution is -0.870. The summed E-state index contributed by atoms with van der Waals surface area (Å²) in [6.07, 6.45) is 46.2. The topological polar surface area (TPSA) is 108 Å². The number of allylic oxidation sites excluding steroid dienone is 6. The second-order valence-electron chi connectivity index (χ2n) is 17.1. The van der Waals surface area contributed by atoms with Crippen molar-refractivity contribution in [1.82, 2.24) is 0 Å². The molecule has 0 aliphatic carbocycles. The van der Waals surface area contributed by atoms with E-state index >= 15 is 0 Å². The van der Waals surface area contributed by atoms with Gasteiger partial charge in [0, 0.05) is 12.8 Å². The fourth-order valence-corrected chi connectivity index (χ4v) is 7.24. The Kier molecular flexibility index (Phi) is 39.4. The largest absolute Gasteiger partial charge is 0.472 e. The first-order chi connectivity index (χ1) is 28.0. The number of unbranched alkanes of at least 4 members (excludes halogenated alkanes) is 23. The van der Waals surface area contributed by atoms with E-state index < -0.39 is 26.5 Å². The molecule has 0 aliphatic rings. The molecule has 10 heteroatoms. The standard InChI is InChI=1S/C48H90NO8P/c1-6-8-10-12-14-16-18-20-22-23-24-25-27-28-30-32-34-36-38-40-47(50)54-44-46(45-56-58(52,53)55-43-42-49(3,4)5)57-48(51)41-39-37-35-33-31-29-26-21-19-17-15-13-11-9-7-2/h9,11,15,17,21,26,46H,6-8,10,12-14,16,18-20,22-25,27-45H2,1-5H3/p+1/b11-9-,17-15-,26-21-/t46-/m1/s1. The SMILES string of the molecule is CC/C=C\C/C=C\C/C=C\CCCCCCCC(=O)O[C@H](COC(=O)CCCCCCCCCCCCCCCCCCCCC)COP(=O)(O)OCC[N+](C)(C)C. The number of phosphoric ester groups is 1. The fraction of sp³-hybridized carbons (Fsp3) is 0.833. The summed E-state index contributed by atoms with van der Waals surface area (Å²) >= 11 is 0. The predicted octanol–water partition coefficient (Wildman–Crippen LogP) is 13.7. The molecule has 9 nitrogen and oxygen atoms in total. The van der Waals surface area contributed by atoms with Gasteiger partial charge in [0.05, 0.1) is 27.7 Å². The molecular weight excluding hydrogens is 750 g/mol. The van der Waals surface area contributed by atoms with Crippen molar-refractivity contribution in [2.75, 3.05) is 47.5 Å². The van der Waals surface area contributed by atoms with Gasteiger partial charge in [-0.1, -0.05) is 185 Å². The van der Waals surface area contributed by atoms with Gasteiger partial charge in [-0.15, -0.1) is 0 Å². The molecule has 0 bridgehead atoms. The molecule has 58 heavy (non-hydrogen) atoms. The number of phosphoric acid groups is 1. The zero-order valence-corrected chi connectivity index (χ0v) is 39.2. The number of carbonyl (C=O) groups excluding carboxylic acids is 2. The molecule has 0 aromatic carbocycles. The first kappa shape index (κ1) is 56.2. The van der Waals surface area contributed by atoms with E-state index in [4.69, 9.17) is 18.5 Å². The minimum Gasteiger partial charge on any atom is -0.462 e. The molecule has 0 saturated carbocycles. The van der Waals surface area contributed by atoms with Crippen molar-refractivity contribution in [3.8, 4) is 0 Å². The van der Waals surface area contributed by atoms with Crippen LogP contribution in [0.1, 0.15) is 206 Å². The zero-order chi connectivity index (χ0) is 42.8. The van der Waals surface area contributed by atoms with Crippen LogP contribution in [0.25, 0.3) is 0 Å². The normalized spacial score (nSPS) is 13.8. The van der Waals surface area contributed by atoms with Gasteiger partial charge in [-0.2, -0.15) is 0 Å². The van der Waals surface area contributed by atoms with Gasteiger partial charge in [-0.25, -0.2) is 4.57 Å². The highest BCUT2D eigenvalue weighted by Gasteiger charge is 2.27. The molecule has 0 saturated heterocycles. The number of ether oxygens (including phenoxy) is 2. The third-order valence-electron chi connectivity index (χ3n) is 10.2. The summed E-state index contributed by atoms with van der Waals surface area (Å²) in [6.45, 7) is 4.31. The third-order valence-corrected chi connectivity index (χ3v) is 11.2. The van der Waals surface area contributed by atoms with Gasteiger partial charge in [0.1, 0.15) is 19.8 Å². The summed E-state index contributed by atoms with van der Waals surface area (Å²) in [5.74, 6) is -0.811. The van der Waals surface area contributed by atoms with E-state index in [0.29, 0.717) is 17.4 Å². The Morgan fingerprint density at radius 2 is 0.983 bits per heavy atom. The second-order valence-corrected chi connectivity index (χ2v) is 18.6. The van der Waals surface area contributed by atoms with Crippen molar-refractivity contribution in [3.05, 3.63) is 36.5 Å². The Bertz CT molecular complexity index is 1090. The molecule has 1 unspecified atom stereocenters. The van der Waals surface area contributed by atoms with Crippen LogP contribution in [-0.2, 0) is 32.7 Å². The van der Waals surface area contributed by atoms with Crippen molar-refractivity contribution in [3.63, 3.8) is 0 Å². The number of nitrogens with zero attached hydrogens (tertiary/aromatic N) is 1. The Balaban J connectivity index is 4.28. The summed E-state index contributed by atoms with van der Waals surface area (Å²) in [6, 6.07) is 0.